The number of halogens is 4. The van der Waals surface area contributed by atoms with Crippen LogP contribution in [-0.2, 0) is 11.8 Å². The number of benzene rings is 4. The molecule has 0 radical (unpaired) electrons. The molecule has 0 atom stereocenters. The summed E-state index contributed by atoms with van der Waals surface area (Å²) in [6, 6.07) is 30.6. The van der Waals surface area contributed by atoms with Gasteiger partial charge >= 0.3 is 0 Å². The smallest absolute Gasteiger partial charge is 0.0406 e. The van der Waals surface area contributed by atoms with Gasteiger partial charge in [-0.2, -0.15) is 0 Å². The first-order valence-electron chi connectivity index (χ1n) is 12.2. The van der Waals surface area contributed by atoms with Crippen LogP contribution in [0.25, 0.3) is 0 Å². The Morgan fingerprint density at radius 1 is 0.541 bits per heavy atom. The molecule has 0 nitrogen and oxygen atoms in total. The minimum atomic E-state index is -1.75. The highest BCUT2D eigenvalue weighted by Gasteiger charge is 2.21. The van der Waals surface area contributed by atoms with Crippen molar-refractivity contribution >= 4 is 93.4 Å². The first-order chi connectivity index (χ1) is 17.8. The van der Waals surface area contributed by atoms with Gasteiger partial charge in [-0.05, 0) is 90.0 Å². The average molecular weight is 626 g/mol. The molecule has 0 fully saturated rings. The van der Waals surface area contributed by atoms with Gasteiger partial charge in [-0.1, -0.05) is 133 Å². The van der Waals surface area contributed by atoms with Gasteiger partial charge in [0, 0.05) is 26.1 Å². The quantitative estimate of drug-likeness (QED) is 0.176. The maximum Gasteiger partial charge on any atom is 0.0406 e. The topological polar surface area (TPSA) is 0 Å². The summed E-state index contributed by atoms with van der Waals surface area (Å²) >= 11 is 29.9. The first-order valence-corrected chi connectivity index (χ1v) is 18.2. The molecule has 0 aromatic heterocycles. The van der Waals surface area contributed by atoms with E-state index < -0.39 is 6.04 Å². The molecular weight excluding hydrogens is 596 g/mol. The molecule has 0 aliphatic heterocycles. The lowest BCUT2D eigenvalue weighted by atomic mass is 10.4. The molecule has 4 rings (SSSR count). The largest absolute Gasteiger partial charge is 0.0876 e. The van der Waals surface area contributed by atoms with Crippen molar-refractivity contribution in [1.29, 1.82) is 0 Å². The Bertz CT molecular complexity index is 1190. The van der Waals surface area contributed by atoms with E-state index in [0.29, 0.717) is 0 Å². The molecule has 0 amide bonds. The summed E-state index contributed by atoms with van der Waals surface area (Å²) in [4.78, 5) is 0. The summed E-state index contributed by atoms with van der Waals surface area (Å²) in [6.45, 7) is 4.40. The second-order valence-corrected chi connectivity index (χ2v) is 17.4. The number of hydrogen-bond acceptors (Lipinski definition) is 1. The van der Waals surface area contributed by atoms with Crippen molar-refractivity contribution in [2.45, 2.75) is 26.7 Å². The van der Waals surface area contributed by atoms with Crippen molar-refractivity contribution in [3.05, 3.63) is 117 Å². The van der Waals surface area contributed by atoms with Crippen molar-refractivity contribution in [2.24, 2.45) is 0 Å². The van der Waals surface area contributed by atoms with Gasteiger partial charge in [0.15, 0.2) is 0 Å². The molecule has 37 heavy (non-hydrogen) atoms. The molecule has 0 aliphatic rings. The molecule has 0 heterocycles. The van der Waals surface area contributed by atoms with Crippen LogP contribution >= 0.6 is 60.4 Å². The Morgan fingerprint density at radius 3 is 1.16 bits per heavy atom. The van der Waals surface area contributed by atoms with E-state index in [0.717, 1.165) is 32.7 Å². The molecule has 4 aromatic rings. The van der Waals surface area contributed by atoms with Crippen LogP contribution < -0.4 is 21.2 Å². The highest BCUT2D eigenvalue weighted by Crippen LogP contribution is 2.44. The molecule has 0 aliphatic carbocycles. The Labute approximate surface area is 248 Å². The summed E-state index contributed by atoms with van der Waals surface area (Å²) in [7, 11) is -0.293. The molecule has 4 aromatic carbocycles. The third-order valence-electron chi connectivity index (χ3n) is 5.75. The molecular formula is C30H30Cl4P2S. The minimum Gasteiger partial charge on any atom is -0.0876 e. The molecule has 0 saturated carbocycles. The van der Waals surface area contributed by atoms with E-state index in [9.17, 15) is 0 Å². The van der Waals surface area contributed by atoms with E-state index in [1.165, 1.54) is 33.8 Å². The highest BCUT2D eigenvalue weighted by atomic mass is 35.5. The Hall–Kier alpha value is -0.880. The standard InChI is InChI=1S/C15H15Cl2PS.C15H15Cl2P/c1-2-11-18(19,14-7-3-12(16)4-8-14)15-9-5-13(17)6-10-15;1-2-11-18(14-7-3-12(16)4-8-14)15-9-5-13(17)6-10-15/h3-10H,2,11H2,1H3;3-10H,2,11H2,1H3. The highest BCUT2D eigenvalue weighted by molar-refractivity contribution is 8.21. The normalized spacial score (nSPS) is 11.2. The summed E-state index contributed by atoms with van der Waals surface area (Å²) in [5.41, 5.74) is 0. The van der Waals surface area contributed by atoms with Crippen LogP contribution in [0.15, 0.2) is 97.1 Å². The van der Waals surface area contributed by atoms with Gasteiger partial charge < -0.3 is 0 Å². The molecule has 0 bridgehead atoms. The molecule has 0 saturated heterocycles. The van der Waals surface area contributed by atoms with Gasteiger partial charge in [0.2, 0.25) is 0 Å². The second kappa shape index (κ2) is 15.1. The Kier molecular flexibility index (Phi) is 12.5. The van der Waals surface area contributed by atoms with Crippen molar-refractivity contribution in [2.75, 3.05) is 12.3 Å². The zero-order valence-electron chi connectivity index (χ0n) is 20.9. The van der Waals surface area contributed by atoms with E-state index in [4.69, 9.17) is 58.2 Å². The Balaban J connectivity index is 0.000000206. The van der Waals surface area contributed by atoms with Gasteiger partial charge in [0.05, 0.1) is 0 Å². The first kappa shape index (κ1) is 30.7. The fourth-order valence-corrected chi connectivity index (χ4v) is 10.7. The van der Waals surface area contributed by atoms with Gasteiger partial charge in [-0.25, -0.2) is 0 Å². The van der Waals surface area contributed by atoms with Crippen LogP contribution in [0.1, 0.15) is 26.7 Å². The zero-order valence-corrected chi connectivity index (χ0v) is 26.5. The van der Waals surface area contributed by atoms with Crippen molar-refractivity contribution in [1.82, 2.24) is 0 Å². The average Bonchev–Trinajstić information content (AvgIpc) is 2.90. The van der Waals surface area contributed by atoms with Gasteiger partial charge in [-0.3, -0.25) is 0 Å². The van der Waals surface area contributed by atoms with E-state index in [2.05, 4.69) is 62.4 Å². The fourth-order valence-electron chi connectivity index (χ4n) is 3.96. The number of rotatable bonds is 8. The minimum absolute atomic E-state index is 0.293. The van der Waals surface area contributed by atoms with Crippen molar-refractivity contribution < 1.29 is 0 Å². The number of hydrogen-bond donors (Lipinski definition) is 0. The van der Waals surface area contributed by atoms with E-state index >= 15 is 0 Å². The van der Waals surface area contributed by atoms with Crippen LogP contribution in [0.5, 0.6) is 0 Å². The Morgan fingerprint density at radius 2 is 0.865 bits per heavy atom. The second-order valence-electron chi connectivity index (χ2n) is 8.52. The molecule has 0 spiro atoms. The predicted octanol–water partition coefficient (Wildman–Crippen LogP) is 9.67. The van der Waals surface area contributed by atoms with E-state index in [1.54, 1.807) is 0 Å². The fraction of sp³-hybridized carbons (Fsp3) is 0.200. The SMILES string of the molecule is CCCP(=S)(c1ccc(Cl)cc1)c1ccc(Cl)cc1.CCCP(c1ccc(Cl)cc1)c1ccc(Cl)cc1. The summed E-state index contributed by atoms with van der Waals surface area (Å²) in [5.74, 6) is 0. The maximum atomic E-state index is 6.05. The lowest BCUT2D eigenvalue weighted by Crippen LogP contribution is -2.18. The third-order valence-corrected chi connectivity index (χ3v) is 14.6. The molecule has 7 heteroatoms. The van der Waals surface area contributed by atoms with Crippen LogP contribution in [0.3, 0.4) is 0 Å². The van der Waals surface area contributed by atoms with Crippen molar-refractivity contribution in [3.63, 3.8) is 0 Å². The van der Waals surface area contributed by atoms with Crippen LogP contribution in [0.4, 0.5) is 0 Å². The lowest BCUT2D eigenvalue weighted by molar-refractivity contribution is 1.10. The summed E-state index contributed by atoms with van der Waals surface area (Å²) in [6.07, 6.45) is 4.46. The summed E-state index contributed by atoms with van der Waals surface area (Å²) < 4.78 is 0. The van der Waals surface area contributed by atoms with Gasteiger partial charge in [0.1, 0.15) is 0 Å². The molecule has 0 unspecified atom stereocenters. The van der Waals surface area contributed by atoms with Crippen LogP contribution in [0, 0.1) is 0 Å². The van der Waals surface area contributed by atoms with Crippen molar-refractivity contribution in [3.8, 4) is 0 Å². The van der Waals surface area contributed by atoms with E-state index in [1.807, 2.05) is 48.5 Å². The summed E-state index contributed by atoms with van der Waals surface area (Å²) in [5, 5.41) is 8.27. The van der Waals surface area contributed by atoms with Gasteiger partial charge in [-0.15, -0.1) is 0 Å². The van der Waals surface area contributed by atoms with Crippen LogP contribution in [0.2, 0.25) is 20.1 Å². The zero-order chi connectivity index (χ0) is 26.8. The van der Waals surface area contributed by atoms with Gasteiger partial charge in [0.25, 0.3) is 0 Å². The lowest BCUT2D eigenvalue weighted by Gasteiger charge is -2.23. The van der Waals surface area contributed by atoms with E-state index in [-0.39, 0.29) is 7.92 Å². The predicted molar refractivity (Wildman–Crippen MR) is 176 cm³/mol. The molecule has 194 valence electrons. The molecule has 0 N–H and O–H groups in total. The van der Waals surface area contributed by atoms with Crippen LogP contribution in [-0.4, -0.2) is 12.3 Å². The maximum absolute atomic E-state index is 6.05. The third kappa shape index (κ3) is 8.81. The monoisotopic (exact) mass is 624 g/mol.